The summed E-state index contributed by atoms with van der Waals surface area (Å²) in [7, 11) is 3.61. The average molecular weight is 635 g/mol. The minimum Gasteiger partial charge on any atom is -0.456 e. The standard InChI is InChI=1S/C43H30N4O2/c1-46-37-23-22-29(25-38(37)47(2)43(46)48)28-14-10-15-30(24-28)35-26-36(45-42(44-35)27-12-4-3-5-13-27)32-17-7-6-16-31(32)33-19-11-21-40-41(33)34-18-8-9-20-39(34)49-40/h3-26H,1-2H3. The molecule has 0 bridgehead atoms. The van der Waals surface area contributed by atoms with Gasteiger partial charge in [-0.25, -0.2) is 14.8 Å². The molecule has 49 heavy (non-hydrogen) atoms. The van der Waals surface area contributed by atoms with Gasteiger partial charge in [-0.2, -0.15) is 0 Å². The first-order valence-corrected chi connectivity index (χ1v) is 16.2. The van der Waals surface area contributed by atoms with Gasteiger partial charge in [0, 0.05) is 41.6 Å². The Labute approximate surface area is 282 Å². The van der Waals surface area contributed by atoms with Crippen molar-refractivity contribution in [1.29, 1.82) is 0 Å². The van der Waals surface area contributed by atoms with Crippen molar-refractivity contribution in [3.63, 3.8) is 0 Å². The number of para-hydroxylation sites is 1. The van der Waals surface area contributed by atoms with Crippen LogP contribution in [0.4, 0.5) is 0 Å². The molecule has 3 aromatic heterocycles. The Kier molecular flexibility index (Phi) is 6.62. The van der Waals surface area contributed by atoms with Crippen LogP contribution < -0.4 is 5.69 Å². The second-order valence-electron chi connectivity index (χ2n) is 12.3. The van der Waals surface area contributed by atoms with Crippen LogP contribution in [0, 0.1) is 0 Å². The zero-order chi connectivity index (χ0) is 33.1. The first-order valence-electron chi connectivity index (χ1n) is 16.2. The van der Waals surface area contributed by atoms with Gasteiger partial charge in [0.2, 0.25) is 0 Å². The number of rotatable bonds is 5. The van der Waals surface area contributed by atoms with Gasteiger partial charge in [-0.3, -0.25) is 9.13 Å². The smallest absolute Gasteiger partial charge is 0.328 e. The van der Waals surface area contributed by atoms with Gasteiger partial charge in [0.25, 0.3) is 0 Å². The number of aromatic nitrogens is 4. The van der Waals surface area contributed by atoms with E-state index in [0.717, 1.165) is 83.3 Å². The number of imidazole rings is 1. The molecule has 0 radical (unpaired) electrons. The van der Waals surface area contributed by atoms with Crippen molar-refractivity contribution in [2.45, 2.75) is 0 Å². The van der Waals surface area contributed by atoms with E-state index >= 15 is 0 Å². The highest BCUT2D eigenvalue weighted by molar-refractivity contribution is 6.13. The van der Waals surface area contributed by atoms with E-state index in [1.54, 1.807) is 16.2 Å². The minimum atomic E-state index is -0.0414. The number of nitrogens with zero attached hydrogens (tertiary/aromatic N) is 4. The van der Waals surface area contributed by atoms with E-state index in [4.69, 9.17) is 14.4 Å². The first-order chi connectivity index (χ1) is 24.0. The van der Waals surface area contributed by atoms with Gasteiger partial charge < -0.3 is 4.42 Å². The molecule has 0 amide bonds. The second kappa shape index (κ2) is 11.3. The third-order valence-corrected chi connectivity index (χ3v) is 9.42. The molecule has 6 nitrogen and oxygen atoms in total. The number of fused-ring (bicyclic) bond motifs is 4. The number of benzene rings is 6. The number of hydrogen-bond acceptors (Lipinski definition) is 4. The van der Waals surface area contributed by atoms with E-state index in [2.05, 4.69) is 84.9 Å². The van der Waals surface area contributed by atoms with Crippen molar-refractivity contribution in [3.05, 3.63) is 156 Å². The van der Waals surface area contributed by atoms with E-state index in [-0.39, 0.29) is 5.69 Å². The molecule has 0 spiro atoms. The number of hydrogen-bond donors (Lipinski definition) is 0. The molecule has 3 heterocycles. The highest BCUT2D eigenvalue weighted by Gasteiger charge is 2.18. The summed E-state index contributed by atoms with van der Waals surface area (Å²) < 4.78 is 9.62. The summed E-state index contributed by atoms with van der Waals surface area (Å²) in [5.41, 5.74) is 12.3. The van der Waals surface area contributed by atoms with E-state index in [1.165, 1.54) is 0 Å². The number of furan rings is 1. The molecule has 6 aromatic carbocycles. The molecule has 9 rings (SSSR count). The summed E-state index contributed by atoms with van der Waals surface area (Å²) in [5, 5.41) is 2.17. The first kappa shape index (κ1) is 28.7. The lowest BCUT2D eigenvalue weighted by atomic mass is 9.93. The normalized spacial score (nSPS) is 11.6. The van der Waals surface area contributed by atoms with E-state index in [0.29, 0.717) is 5.82 Å². The topological polar surface area (TPSA) is 65.8 Å². The quantitative estimate of drug-likeness (QED) is 0.189. The Morgan fingerprint density at radius 2 is 1.12 bits per heavy atom. The summed E-state index contributed by atoms with van der Waals surface area (Å²) in [5.74, 6) is 0.654. The van der Waals surface area contributed by atoms with Gasteiger partial charge >= 0.3 is 5.69 Å². The fourth-order valence-corrected chi connectivity index (χ4v) is 6.93. The summed E-state index contributed by atoms with van der Waals surface area (Å²) in [6.07, 6.45) is 0. The lowest BCUT2D eigenvalue weighted by molar-refractivity contribution is 0.669. The highest BCUT2D eigenvalue weighted by Crippen LogP contribution is 2.41. The predicted octanol–water partition coefficient (Wildman–Crippen LogP) is 9.90. The highest BCUT2D eigenvalue weighted by atomic mass is 16.3. The fourth-order valence-electron chi connectivity index (χ4n) is 6.93. The molecule has 0 aliphatic heterocycles. The maximum absolute atomic E-state index is 12.6. The van der Waals surface area contributed by atoms with Crippen LogP contribution in [0.1, 0.15) is 0 Å². The minimum absolute atomic E-state index is 0.0414. The predicted molar refractivity (Wildman–Crippen MR) is 198 cm³/mol. The molecule has 9 aromatic rings. The van der Waals surface area contributed by atoms with Gasteiger partial charge in [-0.1, -0.05) is 109 Å². The molecule has 0 aliphatic rings. The Hall–Kier alpha value is -6.53. The third-order valence-electron chi connectivity index (χ3n) is 9.42. The molecule has 0 unspecified atom stereocenters. The molecule has 234 valence electrons. The van der Waals surface area contributed by atoms with Crippen LogP contribution in [-0.2, 0) is 14.1 Å². The van der Waals surface area contributed by atoms with Crippen LogP contribution >= 0.6 is 0 Å². The lowest BCUT2D eigenvalue weighted by Crippen LogP contribution is -2.19. The van der Waals surface area contributed by atoms with Gasteiger partial charge in [0.15, 0.2) is 5.82 Å². The molecule has 0 saturated heterocycles. The van der Waals surface area contributed by atoms with E-state index < -0.39 is 0 Å². The van der Waals surface area contributed by atoms with Crippen molar-refractivity contribution >= 4 is 33.0 Å². The molecule has 0 aliphatic carbocycles. The summed E-state index contributed by atoms with van der Waals surface area (Å²) in [6.45, 7) is 0. The van der Waals surface area contributed by atoms with E-state index in [1.807, 2.05) is 67.7 Å². The van der Waals surface area contributed by atoms with Crippen LogP contribution in [0.15, 0.2) is 155 Å². The molecule has 0 saturated carbocycles. The van der Waals surface area contributed by atoms with Crippen molar-refractivity contribution in [2.24, 2.45) is 14.1 Å². The Morgan fingerprint density at radius 3 is 2.00 bits per heavy atom. The molecule has 0 atom stereocenters. The van der Waals surface area contributed by atoms with Crippen LogP contribution in [-0.4, -0.2) is 19.1 Å². The number of aryl methyl sites for hydroxylation is 2. The second-order valence-corrected chi connectivity index (χ2v) is 12.3. The molecular formula is C43H30N4O2. The monoisotopic (exact) mass is 634 g/mol. The molecule has 0 N–H and O–H groups in total. The maximum Gasteiger partial charge on any atom is 0.328 e. The van der Waals surface area contributed by atoms with Crippen LogP contribution in [0.3, 0.4) is 0 Å². The Morgan fingerprint density at radius 1 is 0.490 bits per heavy atom. The summed E-state index contributed by atoms with van der Waals surface area (Å²) >= 11 is 0. The average Bonchev–Trinajstić information content (AvgIpc) is 3.65. The molecular weight excluding hydrogens is 604 g/mol. The zero-order valence-electron chi connectivity index (χ0n) is 27.0. The van der Waals surface area contributed by atoms with E-state index in [9.17, 15) is 4.79 Å². The lowest BCUT2D eigenvalue weighted by Gasteiger charge is -2.14. The fraction of sp³-hybridized carbons (Fsp3) is 0.0465. The molecule has 6 heteroatoms. The van der Waals surface area contributed by atoms with Crippen molar-refractivity contribution < 1.29 is 4.42 Å². The van der Waals surface area contributed by atoms with Gasteiger partial charge in [-0.05, 0) is 58.7 Å². The van der Waals surface area contributed by atoms with Crippen LogP contribution in [0.25, 0.3) is 89.1 Å². The van der Waals surface area contributed by atoms with Crippen LogP contribution in [0.2, 0.25) is 0 Å². The maximum atomic E-state index is 12.6. The third kappa shape index (κ3) is 4.76. The van der Waals surface area contributed by atoms with Crippen molar-refractivity contribution in [1.82, 2.24) is 19.1 Å². The largest absolute Gasteiger partial charge is 0.456 e. The van der Waals surface area contributed by atoms with Gasteiger partial charge in [0.1, 0.15) is 11.2 Å². The molecule has 0 fully saturated rings. The summed E-state index contributed by atoms with van der Waals surface area (Å²) in [4.78, 5) is 22.9. The Bertz CT molecular complexity index is 2770. The van der Waals surface area contributed by atoms with Crippen molar-refractivity contribution in [3.8, 4) is 56.2 Å². The van der Waals surface area contributed by atoms with Crippen molar-refractivity contribution in [2.75, 3.05) is 0 Å². The Balaban J connectivity index is 1.23. The zero-order valence-corrected chi connectivity index (χ0v) is 27.0. The SMILES string of the molecule is Cn1c(=O)n(C)c2cc(-c3cccc(-c4cc(-c5ccccc5-c5cccc6oc7ccccc7c56)nc(-c5ccccc5)n4)c3)ccc21. The van der Waals surface area contributed by atoms with Crippen LogP contribution in [0.5, 0.6) is 0 Å². The van der Waals surface area contributed by atoms with Gasteiger partial charge in [-0.15, -0.1) is 0 Å². The summed E-state index contributed by atoms with van der Waals surface area (Å²) in [6, 6.07) is 49.6. The van der Waals surface area contributed by atoms with Gasteiger partial charge in [0.05, 0.1) is 22.4 Å².